The van der Waals surface area contributed by atoms with Gasteiger partial charge in [0.05, 0.1) is 5.56 Å². The van der Waals surface area contributed by atoms with Gasteiger partial charge in [0.2, 0.25) is 5.88 Å². The number of alkyl halides is 6. The molecule has 21 heavy (non-hydrogen) atoms. The number of nitrogens with two attached hydrogens (primary N) is 1. The van der Waals surface area contributed by atoms with Gasteiger partial charge >= 0.3 is 12.5 Å². The lowest BCUT2D eigenvalue weighted by Crippen LogP contribution is -2.23. The van der Waals surface area contributed by atoms with Gasteiger partial charge in [0.15, 0.2) is 4.90 Å². The maximum atomic E-state index is 12.9. The third kappa shape index (κ3) is 4.35. The molecular formula is C8H5ClF6N2O3S. The third-order valence-electron chi connectivity index (χ3n) is 2.04. The number of hydrogen-bond acceptors (Lipinski definition) is 5. The van der Waals surface area contributed by atoms with Crippen molar-refractivity contribution in [3.05, 3.63) is 17.3 Å². The summed E-state index contributed by atoms with van der Waals surface area (Å²) in [6, 6.07) is 0. The third-order valence-corrected chi connectivity index (χ3v) is 3.37. The van der Waals surface area contributed by atoms with Gasteiger partial charge in [-0.3, -0.25) is 0 Å². The SMILES string of the molecule is NCc1cnc(OC(F)(F)F)c(S(=O)(=O)Cl)c1C(F)(F)F. The first kappa shape index (κ1) is 17.8. The zero-order valence-electron chi connectivity index (χ0n) is 9.59. The van der Waals surface area contributed by atoms with E-state index in [4.69, 9.17) is 16.4 Å². The van der Waals surface area contributed by atoms with E-state index in [1.165, 1.54) is 0 Å². The lowest BCUT2D eigenvalue weighted by atomic mass is 10.1. The highest BCUT2D eigenvalue weighted by molar-refractivity contribution is 8.13. The molecule has 1 heterocycles. The number of nitrogens with zero attached hydrogens (tertiary/aromatic N) is 1. The Kier molecular flexibility index (Phi) is 4.65. The molecule has 0 fully saturated rings. The molecular weight excluding hydrogens is 354 g/mol. The molecule has 0 spiro atoms. The number of rotatable bonds is 3. The van der Waals surface area contributed by atoms with E-state index < -0.39 is 50.0 Å². The molecule has 1 aromatic heterocycles. The highest BCUT2D eigenvalue weighted by atomic mass is 35.7. The molecule has 0 atom stereocenters. The highest BCUT2D eigenvalue weighted by Crippen LogP contribution is 2.42. The van der Waals surface area contributed by atoms with Crippen LogP contribution in [0.25, 0.3) is 0 Å². The number of halogens is 7. The summed E-state index contributed by atoms with van der Waals surface area (Å²) in [7, 11) is -0.466. The molecule has 0 aliphatic rings. The second kappa shape index (κ2) is 5.50. The van der Waals surface area contributed by atoms with Gasteiger partial charge in [-0.15, -0.1) is 13.2 Å². The Bertz CT molecular complexity index is 643. The van der Waals surface area contributed by atoms with Crippen LogP contribution in [0.3, 0.4) is 0 Å². The predicted molar refractivity (Wildman–Crippen MR) is 56.9 cm³/mol. The minimum absolute atomic E-state index is 0.329. The largest absolute Gasteiger partial charge is 0.574 e. The van der Waals surface area contributed by atoms with Gasteiger partial charge in [-0.1, -0.05) is 0 Å². The van der Waals surface area contributed by atoms with Crippen molar-refractivity contribution in [1.29, 1.82) is 0 Å². The Morgan fingerprint density at radius 3 is 2.10 bits per heavy atom. The lowest BCUT2D eigenvalue weighted by molar-refractivity contribution is -0.277. The highest BCUT2D eigenvalue weighted by Gasteiger charge is 2.44. The van der Waals surface area contributed by atoms with E-state index >= 15 is 0 Å². The van der Waals surface area contributed by atoms with E-state index in [1.54, 1.807) is 0 Å². The molecule has 0 saturated carbocycles. The normalized spacial score (nSPS) is 13.3. The summed E-state index contributed by atoms with van der Waals surface area (Å²) in [5.74, 6) is -1.83. The summed E-state index contributed by atoms with van der Waals surface area (Å²) in [6.45, 7) is -0.826. The topological polar surface area (TPSA) is 82.3 Å². The molecule has 1 rings (SSSR count). The molecule has 0 aliphatic heterocycles. The Morgan fingerprint density at radius 1 is 1.24 bits per heavy atom. The summed E-state index contributed by atoms with van der Waals surface area (Å²) in [4.78, 5) is 0.956. The smallest absolute Gasteiger partial charge is 0.386 e. The van der Waals surface area contributed by atoms with Crippen molar-refractivity contribution in [1.82, 2.24) is 4.98 Å². The first-order valence-corrected chi connectivity index (χ1v) is 7.08. The maximum absolute atomic E-state index is 12.9. The minimum Gasteiger partial charge on any atom is -0.386 e. The molecule has 5 nitrogen and oxygen atoms in total. The first-order chi connectivity index (χ1) is 9.27. The van der Waals surface area contributed by atoms with Gasteiger partial charge < -0.3 is 10.5 Å². The van der Waals surface area contributed by atoms with Crippen LogP contribution in [0.2, 0.25) is 0 Å². The van der Waals surface area contributed by atoms with Crippen molar-refractivity contribution in [2.45, 2.75) is 24.0 Å². The second-order valence-electron chi connectivity index (χ2n) is 3.48. The van der Waals surface area contributed by atoms with Gasteiger partial charge in [0.1, 0.15) is 0 Å². The number of aromatic nitrogens is 1. The van der Waals surface area contributed by atoms with E-state index in [0.717, 1.165) is 0 Å². The summed E-state index contributed by atoms with van der Waals surface area (Å²) < 4.78 is 101. The van der Waals surface area contributed by atoms with Crippen molar-refractivity contribution < 1.29 is 39.5 Å². The molecule has 120 valence electrons. The van der Waals surface area contributed by atoms with Gasteiger partial charge in [0.25, 0.3) is 9.05 Å². The van der Waals surface area contributed by atoms with Crippen LogP contribution in [0.1, 0.15) is 11.1 Å². The number of ether oxygens (including phenoxy) is 1. The monoisotopic (exact) mass is 358 g/mol. The maximum Gasteiger partial charge on any atom is 0.574 e. The average Bonchev–Trinajstić information content (AvgIpc) is 2.23. The number of hydrogen-bond donors (Lipinski definition) is 1. The van der Waals surface area contributed by atoms with Gasteiger partial charge in [-0.25, -0.2) is 13.4 Å². The van der Waals surface area contributed by atoms with E-state index in [-0.39, 0.29) is 0 Å². The fourth-order valence-electron chi connectivity index (χ4n) is 1.39. The lowest BCUT2D eigenvalue weighted by Gasteiger charge is -2.18. The predicted octanol–water partition coefficient (Wildman–Crippen LogP) is 2.39. The Morgan fingerprint density at radius 2 is 1.76 bits per heavy atom. The van der Waals surface area contributed by atoms with Crippen molar-refractivity contribution in [3.63, 3.8) is 0 Å². The van der Waals surface area contributed by atoms with E-state index in [2.05, 4.69) is 9.72 Å². The summed E-state index contributed by atoms with van der Waals surface area (Å²) in [5.41, 5.74) is 2.20. The van der Waals surface area contributed by atoms with Crippen molar-refractivity contribution in [2.75, 3.05) is 0 Å². The molecule has 0 bridgehead atoms. The fourth-order valence-corrected chi connectivity index (χ4v) is 2.61. The molecule has 13 heteroatoms. The summed E-state index contributed by atoms with van der Waals surface area (Å²) >= 11 is 0. The first-order valence-electron chi connectivity index (χ1n) is 4.77. The van der Waals surface area contributed by atoms with Crippen LogP contribution in [0.15, 0.2) is 11.1 Å². The Labute approximate surface area is 118 Å². The molecule has 0 radical (unpaired) electrons. The van der Waals surface area contributed by atoms with Gasteiger partial charge in [-0.05, 0) is 5.56 Å². The molecule has 0 amide bonds. The van der Waals surface area contributed by atoms with Crippen molar-refractivity contribution in [2.24, 2.45) is 5.73 Å². The Balaban J connectivity index is 3.78. The molecule has 2 N–H and O–H groups in total. The average molecular weight is 359 g/mol. The van der Waals surface area contributed by atoms with Crippen molar-refractivity contribution >= 4 is 19.7 Å². The molecule has 0 unspecified atom stereocenters. The van der Waals surface area contributed by atoms with Crippen LogP contribution in [0, 0.1) is 0 Å². The molecule has 0 saturated heterocycles. The van der Waals surface area contributed by atoms with E-state index in [0.29, 0.717) is 6.20 Å². The van der Waals surface area contributed by atoms with Crippen LogP contribution in [-0.2, 0) is 21.8 Å². The molecule has 0 aliphatic carbocycles. The van der Waals surface area contributed by atoms with E-state index in [1.807, 2.05) is 0 Å². The van der Waals surface area contributed by atoms with E-state index in [9.17, 15) is 34.8 Å². The zero-order chi connectivity index (χ0) is 16.6. The summed E-state index contributed by atoms with van der Waals surface area (Å²) in [5, 5.41) is 0. The molecule has 0 aromatic carbocycles. The standard InChI is InChI=1S/C8H5ClF6N2O3S/c9-21(18,19)5-4(7(10,11)12)3(1-16)2-17-6(5)20-8(13,14)15/h2H,1,16H2. The van der Waals surface area contributed by atoms with Gasteiger partial charge in [0, 0.05) is 23.4 Å². The van der Waals surface area contributed by atoms with Crippen molar-refractivity contribution in [3.8, 4) is 5.88 Å². The van der Waals surface area contributed by atoms with Crippen LogP contribution in [-0.4, -0.2) is 19.8 Å². The summed E-state index contributed by atoms with van der Waals surface area (Å²) in [6.07, 6.45) is -10.5. The quantitative estimate of drug-likeness (QED) is 0.662. The molecule has 1 aromatic rings. The fraction of sp³-hybridized carbons (Fsp3) is 0.375. The Hall–Kier alpha value is -1.27. The van der Waals surface area contributed by atoms with Crippen LogP contribution < -0.4 is 10.5 Å². The van der Waals surface area contributed by atoms with Crippen LogP contribution >= 0.6 is 10.7 Å². The van der Waals surface area contributed by atoms with Crippen LogP contribution in [0.5, 0.6) is 5.88 Å². The van der Waals surface area contributed by atoms with Crippen LogP contribution in [0.4, 0.5) is 26.3 Å². The zero-order valence-corrected chi connectivity index (χ0v) is 11.2. The minimum atomic E-state index is -5.46. The van der Waals surface area contributed by atoms with Gasteiger partial charge in [-0.2, -0.15) is 13.2 Å². The number of pyridine rings is 1. The second-order valence-corrected chi connectivity index (χ2v) is 5.98.